The summed E-state index contributed by atoms with van der Waals surface area (Å²) in [6.45, 7) is 2.25. The largest absolute Gasteiger partial charge is 0.354 e. The van der Waals surface area contributed by atoms with Crippen LogP contribution in [0.3, 0.4) is 0 Å². The summed E-state index contributed by atoms with van der Waals surface area (Å²) in [6, 6.07) is 15.8. The third-order valence-electron chi connectivity index (χ3n) is 4.17. The number of hydrogen-bond acceptors (Lipinski definition) is 4. The molecule has 0 aliphatic carbocycles. The highest BCUT2D eigenvalue weighted by molar-refractivity contribution is 5.86. The minimum atomic E-state index is -1.06. The molecule has 0 saturated heterocycles. The lowest BCUT2D eigenvalue weighted by Crippen LogP contribution is -2.49. The molecular weight excluding hydrogens is 318 g/mol. The van der Waals surface area contributed by atoms with Crippen LogP contribution in [0.1, 0.15) is 30.9 Å². The van der Waals surface area contributed by atoms with Crippen molar-refractivity contribution in [2.75, 3.05) is 6.54 Å². The SMILES string of the molecule is CC(N)(C(=O)NCCCCc1ccc([N+](=O)[O-])cc1)c1ccccc1. The zero-order valence-electron chi connectivity index (χ0n) is 14.3. The Kier molecular flexibility index (Phi) is 6.25. The molecule has 2 aromatic rings. The van der Waals surface area contributed by atoms with Gasteiger partial charge in [0.25, 0.3) is 5.69 Å². The van der Waals surface area contributed by atoms with E-state index < -0.39 is 10.5 Å². The van der Waals surface area contributed by atoms with E-state index in [-0.39, 0.29) is 11.6 Å². The highest BCUT2D eigenvalue weighted by Crippen LogP contribution is 2.17. The number of amides is 1. The van der Waals surface area contributed by atoms with Gasteiger partial charge in [0.15, 0.2) is 0 Å². The quantitative estimate of drug-likeness (QED) is 0.438. The van der Waals surface area contributed by atoms with Crippen molar-refractivity contribution >= 4 is 11.6 Å². The molecule has 0 saturated carbocycles. The molecule has 0 spiro atoms. The molecule has 0 fully saturated rings. The monoisotopic (exact) mass is 341 g/mol. The molecule has 3 N–H and O–H groups in total. The van der Waals surface area contributed by atoms with Crippen LogP contribution in [-0.4, -0.2) is 17.4 Å². The van der Waals surface area contributed by atoms with Crippen molar-refractivity contribution in [2.24, 2.45) is 5.73 Å². The maximum absolute atomic E-state index is 12.3. The molecule has 6 heteroatoms. The zero-order valence-corrected chi connectivity index (χ0v) is 14.3. The maximum atomic E-state index is 12.3. The number of nitrogens with zero attached hydrogens (tertiary/aromatic N) is 1. The second-order valence-electron chi connectivity index (χ2n) is 6.20. The number of benzene rings is 2. The van der Waals surface area contributed by atoms with E-state index in [0.717, 1.165) is 30.4 Å². The number of nitro benzene ring substituents is 1. The molecule has 0 aliphatic heterocycles. The van der Waals surface area contributed by atoms with Crippen LogP contribution in [0.5, 0.6) is 0 Å². The van der Waals surface area contributed by atoms with Gasteiger partial charge in [0.05, 0.1) is 4.92 Å². The van der Waals surface area contributed by atoms with Crippen LogP contribution in [0.4, 0.5) is 5.69 Å². The minimum Gasteiger partial charge on any atom is -0.354 e. The fraction of sp³-hybridized carbons (Fsp3) is 0.316. The van der Waals surface area contributed by atoms with Crippen LogP contribution in [0.15, 0.2) is 54.6 Å². The van der Waals surface area contributed by atoms with Gasteiger partial charge in [0.1, 0.15) is 5.54 Å². The first-order valence-corrected chi connectivity index (χ1v) is 8.27. The molecule has 1 amide bonds. The number of aryl methyl sites for hydroxylation is 1. The van der Waals surface area contributed by atoms with E-state index in [0.29, 0.717) is 6.54 Å². The number of carbonyl (C=O) groups is 1. The fourth-order valence-corrected chi connectivity index (χ4v) is 2.54. The predicted octanol–water partition coefficient (Wildman–Crippen LogP) is 2.91. The fourth-order valence-electron chi connectivity index (χ4n) is 2.54. The number of nitrogens with one attached hydrogen (secondary N) is 1. The van der Waals surface area contributed by atoms with Gasteiger partial charge in [0, 0.05) is 18.7 Å². The Morgan fingerprint density at radius 1 is 1.12 bits per heavy atom. The Labute approximate surface area is 147 Å². The number of non-ortho nitro benzene ring substituents is 1. The lowest BCUT2D eigenvalue weighted by molar-refractivity contribution is -0.384. The molecule has 0 bridgehead atoms. The van der Waals surface area contributed by atoms with E-state index in [1.807, 2.05) is 30.3 Å². The number of carbonyl (C=O) groups excluding carboxylic acids is 1. The molecule has 0 radical (unpaired) electrons. The lowest BCUT2D eigenvalue weighted by atomic mass is 9.92. The highest BCUT2D eigenvalue weighted by atomic mass is 16.6. The van der Waals surface area contributed by atoms with E-state index in [4.69, 9.17) is 5.73 Å². The summed E-state index contributed by atoms with van der Waals surface area (Å²) < 4.78 is 0. The standard InChI is InChI=1S/C19H23N3O3/c1-19(20,16-8-3-2-4-9-16)18(23)21-14-6-5-7-15-10-12-17(13-11-15)22(24)25/h2-4,8-13H,5-7,14,20H2,1H3,(H,21,23). The van der Waals surface area contributed by atoms with Gasteiger partial charge in [-0.25, -0.2) is 0 Å². The van der Waals surface area contributed by atoms with Crippen molar-refractivity contribution < 1.29 is 9.72 Å². The molecular formula is C19H23N3O3. The average molecular weight is 341 g/mol. The van der Waals surface area contributed by atoms with E-state index >= 15 is 0 Å². The van der Waals surface area contributed by atoms with Crippen LogP contribution in [0.2, 0.25) is 0 Å². The summed E-state index contributed by atoms with van der Waals surface area (Å²) in [5, 5.41) is 13.5. The summed E-state index contributed by atoms with van der Waals surface area (Å²) in [5.74, 6) is -0.200. The molecule has 25 heavy (non-hydrogen) atoms. The Bertz CT molecular complexity index is 712. The Hall–Kier alpha value is -2.73. The van der Waals surface area contributed by atoms with E-state index in [1.54, 1.807) is 19.1 Å². The molecule has 0 aromatic heterocycles. The second kappa shape index (κ2) is 8.39. The van der Waals surface area contributed by atoms with Crippen molar-refractivity contribution in [3.8, 4) is 0 Å². The highest BCUT2D eigenvalue weighted by Gasteiger charge is 2.29. The topological polar surface area (TPSA) is 98.3 Å². The molecule has 1 unspecified atom stereocenters. The first-order valence-electron chi connectivity index (χ1n) is 8.27. The summed E-state index contributed by atoms with van der Waals surface area (Å²) >= 11 is 0. The minimum absolute atomic E-state index is 0.0964. The van der Waals surface area contributed by atoms with Gasteiger partial charge in [-0.1, -0.05) is 42.5 Å². The smallest absolute Gasteiger partial charge is 0.269 e. The zero-order chi connectivity index (χ0) is 18.3. The van der Waals surface area contributed by atoms with Crippen LogP contribution >= 0.6 is 0 Å². The van der Waals surface area contributed by atoms with Gasteiger partial charge in [-0.05, 0) is 37.3 Å². The van der Waals surface area contributed by atoms with Gasteiger partial charge in [0.2, 0.25) is 5.91 Å². The van der Waals surface area contributed by atoms with Gasteiger partial charge in [-0.3, -0.25) is 14.9 Å². The van der Waals surface area contributed by atoms with Crippen molar-refractivity contribution in [3.05, 3.63) is 75.8 Å². The van der Waals surface area contributed by atoms with Crippen LogP contribution in [-0.2, 0) is 16.8 Å². The molecule has 0 heterocycles. The lowest BCUT2D eigenvalue weighted by Gasteiger charge is -2.24. The van der Waals surface area contributed by atoms with Crippen LogP contribution < -0.4 is 11.1 Å². The van der Waals surface area contributed by atoms with Gasteiger partial charge >= 0.3 is 0 Å². The first-order chi connectivity index (χ1) is 11.9. The first kappa shape index (κ1) is 18.6. The third kappa shape index (κ3) is 5.12. The Balaban J connectivity index is 1.73. The van der Waals surface area contributed by atoms with Crippen molar-refractivity contribution in [1.82, 2.24) is 5.32 Å². The molecule has 132 valence electrons. The number of nitrogens with two attached hydrogens (primary N) is 1. The normalized spacial score (nSPS) is 13.0. The number of nitro groups is 1. The maximum Gasteiger partial charge on any atom is 0.269 e. The van der Waals surface area contributed by atoms with Crippen LogP contribution in [0, 0.1) is 10.1 Å². The molecule has 2 aromatic carbocycles. The number of rotatable bonds is 8. The van der Waals surface area contributed by atoms with Crippen molar-refractivity contribution in [2.45, 2.75) is 31.7 Å². The molecule has 0 aliphatic rings. The summed E-state index contributed by atoms with van der Waals surface area (Å²) in [5.41, 5.74) is 7.02. The third-order valence-corrected chi connectivity index (χ3v) is 4.17. The summed E-state index contributed by atoms with van der Waals surface area (Å²) in [4.78, 5) is 22.5. The molecule has 1 atom stereocenters. The number of unbranched alkanes of at least 4 members (excludes halogenated alkanes) is 1. The second-order valence-corrected chi connectivity index (χ2v) is 6.20. The van der Waals surface area contributed by atoms with Gasteiger partial charge in [-0.2, -0.15) is 0 Å². The average Bonchev–Trinajstić information content (AvgIpc) is 2.62. The van der Waals surface area contributed by atoms with E-state index in [1.165, 1.54) is 12.1 Å². The molecule has 2 rings (SSSR count). The van der Waals surface area contributed by atoms with Gasteiger partial charge in [-0.15, -0.1) is 0 Å². The van der Waals surface area contributed by atoms with Crippen LogP contribution in [0.25, 0.3) is 0 Å². The summed E-state index contributed by atoms with van der Waals surface area (Å²) in [7, 11) is 0. The predicted molar refractivity (Wildman–Crippen MR) is 97.0 cm³/mol. The van der Waals surface area contributed by atoms with E-state index in [9.17, 15) is 14.9 Å². The Morgan fingerprint density at radius 2 is 1.76 bits per heavy atom. The van der Waals surface area contributed by atoms with Crippen molar-refractivity contribution in [3.63, 3.8) is 0 Å². The Morgan fingerprint density at radius 3 is 2.36 bits per heavy atom. The molecule has 6 nitrogen and oxygen atoms in total. The van der Waals surface area contributed by atoms with Crippen molar-refractivity contribution in [1.29, 1.82) is 0 Å². The number of hydrogen-bond donors (Lipinski definition) is 2. The summed E-state index contributed by atoms with van der Waals surface area (Å²) in [6.07, 6.45) is 2.50. The van der Waals surface area contributed by atoms with E-state index in [2.05, 4.69) is 5.32 Å². The van der Waals surface area contributed by atoms with Gasteiger partial charge < -0.3 is 11.1 Å².